The van der Waals surface area contributed by atoms with Crippen molar-refractivity contribution >= 4 is 17.9 Å². The number of amides is 3. The average molecular weight is 562 g/mol. The highest BCUT2D eigenvalue weighted by atomic mass is 16.6. The van der Waals surface area contributed by atoms with Gasteiger partial charge in [0.1, 0.15) is 23.4 Å². The van der Waals surface area contributed by atoms with Gasteiger partial charge in [-0.3, -0.25) is 9.59 Å². The van der Waals surface area contributed by atoms with Crippen LogP contribution in [0.4, 0.5) is 4.79 Å². The minimum absolute atomic E-state index is 0.118. The first-order valence-corrected chi connectivity index (χ1v) is 15.2. The molecule has 3 N–H and O–H groups in total. The maximum absolute atomic E-state index is 14.3. The van der Waals surface area contributed by atoms with Crippen LogP contribution in [-0.4, -0.2) is 52.6 Å². The molecule has 0 heterocycles. The number of benzene rings is 1. The fraction of sp³-hybridized carbons (Fsp3) is 0.719. The molecule has 2 atom stereocenters. The molecular formula is C32H55N3O5. The van der Waals surface area contributed by atoms with Gasteiger partial charge < -0.3 is 25.4 Å². The molecule has 0 saturated heterocycles. The highest BCUT2D eigenvalue weighted by Crippen LogP contribution is 2.28. The first-order valence-electron chi connectivity index (χ1n) is 15.2. The molecule has 0 aromatic heterocycles. The SMILES string of the molecule is CCCCCCCCN(C(=O)C(CC(C)C)NC(=O)OC(C)(C)C)C(C(=O)NCCCC)c1ccc(O)c(C)c1. The molecule has 0 radical (unpaired) electrons. The van der Waals surface area contributed by atoms with Gasteiger partial charge in [-0.25, -0.2) is 4.79 Å². The molecule has 0 aliphatic carbocycles. The van der Waals surface area contributed by atoms with E-state index in [0.29, 0.717) is 30.6 Å². The number of aryl methyl sites for hydroxylation is 1. The second-order valence-corrected chi connectivity index (χ2v) is 12.2. The molecule has 8 nitrogen and oxygen atoms in total. The van der Waals surface area contributed by atoms with Crippen molar-refractivity contribution in [3.05, 3.63) is 29.3 Å². The van der Waals surface area contributed by atoms with Crippen LogP contribution in [0.3, 0.4) is 0 Å². The number of carbonyl (C=O) groups is 3. The lowest BCUT2D eigenvalue weighted by molar-refractivity contribution is -0.143. The Bertz CT molecular complexity index is 926. The lowest BCUT2D eigenvalue weighted by Gasteiger charge is -2.35. The molecule has 0 aliphatic heterocycles. The quantitative estimate of drug-likeness (QED) is 0.182. The number of nitrogens with zero attached hydrogens (tertiary/aromatic N) is 1. The summed E-state index contributed by atoms with van der Waals surface area (Å²) in [5.41, 5.74) is 0.546. The molecule has 228 valence electrons. The van der Waals surface area contributed by atoms with Crippen molar-refractivity contribution in [1.82, 2.24) is 15.5 Å². The van der Waals surface area contributed by atoms with Gasteiger partial charge in [0.15, 0.2) is 0 Å². The molecular weight excluding hydrogens is 506 g/mol. The molecule has 1 aromatic carbocycles. The van der Waals surface area contributed by atoms with Crippen LogP contribution in [0.25, 0.3) is 0 Å². The van der Waals surface area contributed by atoms with E-state index >= 15 is 0 Å². The fourth-order valence-corrected chi connectivity index (χ4v) is 4.58. The number of ether oxygens (including phenoxy) is 1. The summed E-state index contributed by atoms with van der Waals surface area (Å²) in [4.78, 5) is 42.4. The van der Waals surface area contributed by atoms with Crippen LogP contribution in [0.2, 0.25) is 0 Å². The summed E-state index contributed by atoms with van der Waals surface area (Å²) in [6, 6.07) is 3.29. The Kier molecular flexibility index (Phi) is 15.7. The average Bonchev–Trinajstić information content (AvgIpc) is 2.85. The van der Waals surface area contributed by atoms with Crippen LogP contribution < -0.4 is 10.6 Å². The maximum Gasteiger partial charge on any atom is 0.408 e. The molecule has 0 saturated carbocycles. The van der Waals surface area contributed by atoms with Gasteiger partial charge in [-0.05, 0) is 76.1 Å². The number of carbonyl (C=O) groups excluding carboxylic acids is 3. The van der Waals surface area contributed by atoms with Crippen LogP contribution in [0, 0.1) is 12.8 Å². The van der Waals surface area contributed by atoms with E-state index in [1.165, 1.54) is 6.42 Å². The molecule has 3 amide bonds. The van der Waals surface area contributed by atoms with E-state index < -0.39 is 23.8 Å². The number of phenols is 1. The Labute approximate surface area is 242 Å². The normalized spacial score (nSPS) is 13.0. The lowest BCUT2D eigenvalue weighted by Crippen LogP contribution is -2.53. The second kappa shape index (κ2) is 17.8. The largest absolute Gasteiger partial charge is 0.508 e. The van der Waals surface area contributed by atoms with E-state index in [9.17, 15) is 19.5 Å². The Balaban J connectivity index is 3.46. The third kappa shape index (κ3) is 13.1. The smallest absolute Gasteiger partial charge is 0.408 e. The van der Waals surface area contributed by atoms with E-state index in [1.807, 2.05) is 13.8 Å². The van der Waals surface area contributed by atoms with Crippen molar-refractivity contribution in [2.24, 2.45) is 5.92 Å². The molecule has 1 aromatic rings. The van der Waals surface area contributed by atoms with Gasteiger partial charge in [0.2, 0.25) is 11.8 Å². The summed E-state index contributed by atoms with van der Waals surface area (Å²) in [5.74, 6) is -0.326. The molecule has 0 bridgehead atoms. The van der Waals surface area contributed by atoms with Gasteiger partial charge in [-0.2, -0.15) is 0 Å². The highest BCUT2D eigenvalue weighted by Gasteiger charge is 2.36. The Hall–Kier alpha value is -2.77. The predicted molar refractivity (Wildman–Crippen MR) is 161 cm³/mol. The minimum Gasteiger partial charge on any atom is -0.508 e. The molecule has 0 spiro atoms. The van der Waals surface area contributed by atoms with E-state index in [4.69, 9.17) is 4.74 Å². The molecule has 1 rings (SSSR count). The van der Waals surface area contributed by atoms with E-state index in [1.54, 1.807) is 50.8 Å². The Morgan fingerprint density at radius 1 is 0.975 bits per heavy atom. The van der Waals surface area contributed by atoms with Crippen LogP contribution in [0.15, 0.2) is 18.2 Å². The van der Waals surface area contributed by atoms with E-state index in [2.05, 4.69) is 24.5 Å². The van der Waals surface area contributed by atoms with E-state index in [0.717, 1.165) is 44.9 Å². The number of nitrogens with one attached hydrogen (secondary N) is 2. The molecule has 2 unspecified atom stereocenters. The topological polar surface area (TPSA) is 108 Å². The molecule has 40 heavy (non-hydrogen) atoms. The number of rotatable bonds is 17. The van der Waals surface area contributed by atoms with Crippen LogP contribution in [0.1, 0.15) is 123 Å². The second-order valence-electron chi connectivity index (χ2n) is 12.2. The van der Waals surface area contributed by atoms with Crippen molar-refractivity contribution in [3.8, 4) is 5.75 Å². The van der Waals surface area contributed by atoms with Crippen molar-refractivity contribution in [3.63, 3.8) is 0 Å². The molecule has 8 heteroatoms. The standard InChI is InChI=1S/C32H55N3O5/c1-9-11-13-14-15-16-20-35(30(38)26(21-23(3)4)34-31(39)40-32(6,7)8)28(29(37)33-19-12-10-2)25-17-18-27(36)24(5)22-25/h17-18,22-23,26,28,36H,9-16,19-21H2,1-8H3,(H,33,37)(H,34,39). The summed E-state index contributed by atoms with van der Waals surface area (Å²) >= 11 is 0. The first-order chi connectivity index (χ1) is 18.8. The molecule has 0 aliphatic rings. The van der Waals surface area contributed by atoms with E-state index in [-0.39, 0.29) is 23.5 Å². The summed E-state index contributed by atoms with van der Waals surface area (Å²) in [5, 5.41) is 16.0. The number of hydrogen-bond acceptors (Lipinski definition) is 5. The number of unbranched alkanes of at least 4 members (excludes halogenated alkanes) is 6. The van der Waals surface area contributed by atoms with Gasteiger partial charge in [-0.15, -0.1) is 0 Å². The summed E-state index contributed by atoms with van der Waals surface area (Å²) in [6.07, 6.45) is 7.72. The van der Waals surface area contributed by atoms with Crippen LogP contribution in [0.5, 0.6) is 5.75 Å². The monoisotopic (exact) mass is 561 g/mol. The number of phenolic OH excluding ortho intramolecular Hbond substituents is 1. The zero-order chi connectivity index (χ0) is 30.3. The molecule has 0 fully saturated rings. The maximum atomic E-state index is 14.3. The zero-order valence-electron chi connectivity index (χ0n) is 26.3. The van der Waals surface area contributed by atoms with Crippen LogP contribution >= 0.6 is 0 Å². The van der Waals surface area contributed by atoms with Crippen molar-refractivity contribution in [1.29, 1.82) is 0 Å². The minimum atomic E-state index is -0.894. The van der Waals surface area contributed by atoms with Gasteiger partial charge in [0, 0.05) is 13.1 Å². The predicted octanol–water partition coefficient (Wildman–Crippen LogP) is 6.79. The number of hydrogen-bond donors (Lipinski definition) is 3. The highest BCUT2D eigenvalue weighted by molar-refractivity contribution is 5.92. The van der Waals surface area contributed by atoms with Gasteiger partial charge in [0.25, 0.3) is 0 Å². The third-order valence-electron chi connectivity index (χ3n) is 6.66. The lowest BCUT2D eigenvalue weighted by atomic mass is 9.97. The zero-order valence-corrected chi connectivity index (χ0v) is 26.3. The fourth-order valence-electron chi connectivity index (χ4n) is 4.58. The van der Waals surface area contributed by atoms with Crippen molar-refractivity contribution in [2.75, 3.05) is 13.1 Å². The summed E-state index contributed by atoms with van der Waals surface area (Å²) in [7, 11) is 0. The first kappa shape index (κ1) is 35.3. The van der Waals surface area contributed by atoms with Crippen molar-refractivity contribution in [2.45, 2.75) is 131 Å². The van der Waals surface area contributed by atoms with Gasteiger partial charge in [-0.1, -0.05) is 72.3 Å². The number of aromatic hydroxyl groups is 1. The van der Waals surface area contributed by atoms with Gasteiger partial charge in [0.05, 0.1) is 0 Å². The summed E-state index contributed by atoms with van der Waals surface area (Å²) in [6.45, 7) is 16.2. The number of alkyl carbamates (subject to hydrolysis) is 1. The third-order valence-corrected chi connectivity index (χ3v) is 6.66. The summed E-state index contributed by atoms with van der Waals surface area (Å²) < 4.78 is 5.47. The van der Waals surface area contributed by atoms with Crippen LogP contribution in [-0.2, 0) is 14.3 Å². The van der Waals surface area contributed by atoms with Gasteiger partial charge >= 0.3 is 6.09 Å². The Morgan fingerprint density at radius 3 is 2.17 bits per heavy atom. The van der Waals surface area contributed by atoms with Crippen molar-refractivity contribution < 1.29 is 24.2 Å². The Morgan fingerprint density at radius 2 is 1.60 bits per heavy atom.